The molecular formula is C16H18ClN3O3S. The topological polar surface area (TPSA) is 100.0 Å². The molecule has 0 unspecified atom stereocenters. The number of hydrogen-bond donors (Lipinski definition) is 1. The molecule has 0 atom stereocenters. The van der Waals surface area contributed by atoms with E-state index in [2.05, 4.69) is 16.8 Å². The third kappa shape index (κ3) is 5.49. The molecule has 24 heavy (non-hydrogen) atoms. The van der Waals surface area contributed by atoms with Gasteiger partial charge in [-0.1, -0.05) is 39.9 Å². The van der Waals surface area contributed by atoms with Crippen molar-refractivity contribution in [1.29, 1.82) is 0 Å². The summed E-state index contributed by atoms with van der Waals surface area (Å²) in [5.41, 5.74) is 2.64. The molecule has 1 heterocycles. The molecule has 2 aromatic rings. The van der Waals surface area contributed by atoms with E-state index in [9.17, 15) is 13.0 Å². The third-order valence-corrected chi connectivity index (χ3v) is 4.28. The second kappa shape index (κ2) is 8.11. The second-order valence-electron chi connectivity index (χ2n) is 5.06. The van der Waals surface area contributed by atoms with Crippen molar-refractivity contribution in [1.82, 2.24) is 4.98 Å². The summed E-state index contributed by atoms with van der Waals surface area (Å²) < 4.78 is 33.8. The Morgan fingerprint density at radius 1 is 1.25 bits per heavy atom. The zero-order valence-electron chi connectivity index (χ0n) is 13.8. The summed E-state index contributed by atoms with van der Waals surface area (Å²) in [6, 6.07) is 3.38. The highest BCUT2D eigenvalue weighted by Gasteiger charge is 2.09. The molecule has 2 rings (SSSR count). The van der Waals surface area contributed by atoms with Crippen LogP contribution in [-0.4, -0.2) is 18.0 Å². The number of aryl methyl sites for hydroxylation is 3. The van der Waals surface area contributed by atoms with Gasteiger partial charge in [-0.15, -0.1) is 0 Å². The molecule has 6 nitrogen and oxygen atoms in total. The van der Waals surface area contributed by atoms with Gasteiger partial charge in [-0.05, 0) is 38.8 Å². The maximum Gasteiger partial charge on any atom is 0.303 e. The van der Waals surface area contributed by atoms with Crippen LogP contribution in [0.5, 0.6) is 0 Å². The normalized spacial score (nSPS) is 10.2. The molecule has 0 amide bonds. The first kappa shape index (κ1) is 19.9. The Hall–Kier alpha value is -2.14. The molecule has 8 heteroatoms. The lowest BCUT2D eigenvalue weighted by atomic mass is 10.1. The van der Waals surface area contributed by atoms with Crippen LogP contribution in [0.25, 0.3) is 0 Å². The Labute approximate surface area is 147 Å². The number of aromatic nitrogens is 2. The average molecular weight is 368 g/mol. The molecule has 0 spiro atoms. The lowest BCUT2D eigenvalue weighted by Gasteiger charge is -2.14. The Bertz CT molecular complexity index is 893. The van der Waals surface area contributed by atoms with E-state index in [-0.39, 0.29) is 4.90 Å². The van der Waals surface area contributed by atoms with Gasteiger partial charge < -0.3 is 4.55 Å². The van der Waals surface area contributed by atoms with Crippen molar-refractivity contribution in [2.75, 3.05) is 5.84 Å². The van der Waals surface area contributed by atoms with Gasteiger partial charge in [0, 0.05) is 5.92 Å². The molecule has 2 N–H and O–H groups in total. The van der Waals surface area contributed by atoms with Gasteiger partial charge in [0.05, 0.1) is 4.90 Å². The average Bonchev–Trinajstić information content (AvgIpc) is 2.40. The van der Waals surface area contributed by atoms with Gasteiger partial charge in [0.25, 0.3) is 0 Å². The summed E-state index contributed by atoms with van der Waals surface area (Å²) in [6.07, 6.45) is 3.03. The van der Waals surface area contributed by atoms with E-state index in [0.29, 0.717) is 22.0 Å². The summed E-state index contributed by atoms with van der Waals surface area (Å²) in [5.74, 6) is 11.0. The van der Waals surface area contributed by atoms with Crippen molar-refractivity contribution >= 4 is 21.7 Å². The first-order valence-corrected chi connectivity index (χ1v) is 8.63. The molecule has 0 saturated heterocycles. The maximum atomic E-state index is 10.8. The largest absolute Gasteiger partial charge is 0.744 e. The molecule has 1 aromatic carbocycles. The lowest BCUT2D eigenvalue weighted by Crippen LogP contribution is -2.47. The van der Waals surface area contributed by atoms with Gasteiger partial charge in [0.1, 0.15) is 16.3 Å². The fraction of sp³-hybridized carbons (Fsp3) is 0.250. The summed E-state index contributed by atoms with van der Waals surface area (Å²) in [5, 5.41) is 0.356. The van der Waals surface area contributed by atoms with Crippen LogP contribution in [0.3, 0.4) is 0 Å². The van der Waals surface area contributed by atoms with E-state index in [0.717, 1.165) is 5.56 Å². The Morgan fingerprint density at radius 2 is 1.79 bits per heavy atom. The van der Waals surface area contributed by atoms with Crippen molar-refractivity contribution < 1.29 is 17.6 Å². The van der Waals surface area contributed by atoms with Crippen molar-refractivity contribution in [2.24, 2.45) is 0 Å². The maximum absolute atomic E-state index is 10.8. The van der Waals surface area contributed by atoms with Crippen LogP contribution in [0.1, 0.15) is 29.3 Å². The van der Waals surface area contributed by atoms with Gasteiger partial charge in [-0.25, -0.2) is 19.2 Å². The van der Waals surface area contributed by atoms with Crippen LogP contribution < -0.4 is 10.5 Å². The standard InChI is InChI=1S/C9H12O3S.C7H7ClN3/c1-6-4-7(2)9(8(3)5-6)13(10,11)12;1-2-3-6-4-10-7(8)5-11(6)9/h4-5H,1-3H3,(H,10,11,12);4-5H,1H3,(H2,9,10)/q;+1/p-1. The van der Waals surface area contributed by atoms with Gasteiger partial charge in [-0.3, -0.25) is 0 Å². The van der Waals surface area contributed by atoms with E-state index in [1.54, 1.807) is 32.9 Å². The number of nitrogen functional groups attached to an aromatic ring is 1. The molecule has 128 valence electrons. The molecular weight excluding hydrogens is 350 g/mol. The zero-order valence-corrected chi connectivity index (χ0v) is 15.4. The van der Waals surface area contributed by atoms with Crippen LogP contribution >= 0.6 is 11.6 Å². The minimum Gasteiger partial charge on any atom is -0.744 e. The predicted octanol–water partition coefficient (Wildman–Crippen LogP) is 1.62. The van der Waals surface area contributed by atoms with Gasteiger partial charge >= 0.3 is 5.69 Å². The quantitative estimate of drug-likeness (QED) is 0.357. The smallest absolute Gasteiger partial charge is 0.303 e. The van der Waals surface area contributed by atoms with Crippen molar-refractivity contribution in [2.45, 2.75) is 32.6 Å². The Balaban J connectivity index is 0.000000243. The molecule has 0 aliphatic carbocycles. The summed E-state index contributed by atoms with van der Waals surface area (Å²) >= 11 is 5.56. The zero-order chi connectivity index (χ0) is 18.5. The number of benzene rings is 1. The number of hydrogen-bond acceptors (Lipinski definition) is 5. The van der Waals surface area contributed by atoms with E-state index >= 15 is 0 Å². The number of rotatable bonds is 1. The van der Waals surface area contributed by atoms with Crippen molar-refractivity contribution in [3.8, 4) is 11.8 Å². The molecule has 0 saturated carbocycles. The van der Waals surface area contributed by atoms with Gasteiger partial charge in [0.15, 0.2) is 5.15 Å². The van der Waals surface area contributed by atoms with Crippen LogP contribution in [-0.2, 0) is 10.1 Å². The molecule has 0 fully saturated rings. The number of nitrogens with zero attached hydrogens (tertiary/aromatic N) is 2. The predicted molar refractivity (Wildman–Crippen MR) is 90.8 cm³/mol. The lowest BCUT2D eigenvalue weighted by molar-refractivity contribution is -0.641. The Kier molecular flexibility index (Phi) is 6.72. The summed E-state index contributed by atoms with van der Waals surface area (Å²) in [7, 11) is -4.33. The summed E-state index contributed by atoms with van der Waals surface area (Å²) in [4.78, 5) is 3.74. The van der Waals surface area contributed by atoms with E-state index in [4.69, 9.17) is 17.4 Å². The first-order valence-electron chi connectivity index (χ1n) is 6.85. The van der Waals surface area contributed by atoms with Crippen LogP contribution in [0.4, 0.5) is 0 Å². The molecule has 1 aromatic heterocycles. The minimum atomic E-state index is -4.33. The third-order valence-electron chi connectivity index (χ3n) is 2.94. The van der Waals surface area contributed by atoms with Gasteiger partial charge in [0.2, 0.25) is 6.20 Å². The van der Waals surface area contributed by atoms with Gasteiger partial charge in [-0.2, -0.15) is 0 Å². The highest BCUT2D eigenvalue weighted by Crippen LogP contribution is 2.20. The fourth-order valence-electron chi connectivity index (χ4n) is 2.19. The highest BCUT2D eigenvalue weighted by molar-refractivity contribution is 7.85. The van der Waals surface area contributed by atoms with E-state index in [1.807, 2.05) is 6.92 Å². The Morgan fingerprint density at radius 3 is 2.21 bits per heavy atom. The first-order chi connectivity index (χ1) is 11.1. The van der Waals surface area contributed by atoms with Crippen molar-refractivity contribution in [3.05, 3.63) is 52.1 Å². The minimum absolute atomic E-state index is 0.0851. The molecule has 0 bridgehead atoms. The fourth-order valence-corrected chi connectivity index (χ4v) is 3.25. The molecule has 0 radical (unpaired) electrons. The van der Waals surface area contributed by atoms with Crippen molar-refractivity contribution in [3.63, 3.8) is 0 Å². The highest BCUT2D eigenvalue weighted by atomic mass is 35.5. The van der Waals surface area contributed by atoms with E-state index in [1.165, 1.54) is 17.1 Å². The molecule has 0 aliphatic rings. The second-order valence-corrected chi connectivity index (χ2v) is 6.76. The number of halogens is 1. The SMILES string of the molecule is CC#Cc1cnc(Cl)c[n+]1N.Cc1cc(C)c(S(=O)(=O)[O-])c(C)c1. The van der Waals surface area contributed by atoms with Crippen LogP contribution in [0, 0.1) is 32.6 Å². The molecule has 0 aliphatic heterocycles. The number of nitrogens with two attached hydrogens (primary N) is 1. The monoisotopic (exact) mass is 367 g/mol. The van der Waals surface area contributed by atoms with Crippen LogP contribution in [0.2, 0.25) is 5.15 Å². The van der Waals surface area contributed by atoms with E-state index < -0.39 is 10.1 Å². The summed E-state index contributed by atoms with van der Waals surface area (Å²) in [6.45, 7) is 6.85. The van der Waals surface area contributed by atoms with Crippen LogP contribution in [0.15, 0.2) is 29.4 Å².